The molecule has 0 aliphatic carbocycles. The number of carbonyl (C=O) groups is 2. The van der Waals surface area contributed by atoms with E-state index >= 15 is 0 Å². The monoisotopic (exact) mass is 540 g/mol. The number of ether oxygens (including phenoxy) is 1. The van der Waals surface area contributed by atoms with Crippen LogP contribution >= 0.6 is 23.1 Å². The van der Waals surface area contributed by atoms with Crippen LogP contribution < -0.4 is 15.0 Å². The van der Waals surface area contributed by atoms with Crippen molar-refractivity contribution in [1.82, 2.24) is 15.1 Å². The van der Waals surface area contributed by atoms with Crippen LogP contribution in [0.2, 0.25) is 0 Å². The van der Waals surface area contributed by atoms with Crippen LogP contribution in [0, 0.1) is 5.92 Å². The molecular weight excluding hydrogens is 504 g/mol. The van der Waals surface area contributed by atoms with Crippen molar-refractivity contribution >= 4 is 40.7 Å². The van der Waals surface area contributed by atoms with Crippen LogP contribution in [0.4, 0.5) is 5.82 Å². The average molecular weight is 541 g/mol. The van der Waals surface area contributed by atoms with Gasteiger partial charge in [0, 0.05) is 21.9 Å². The molecule has 9 heteroatoms. The van der Waals surface area contributed by atoms with Gasteiger partial charge in [-0.1, -0.05) is 40.7 Å². The molecule has 2 amide bonds. The first-order valence-corrected chi connectivity index (χ1v) is 14.5. The van der Waals surface area contributed by atoms with Crippen LogP contribution in [0.25, 0.3) is 5.69 Å². The van der Waals surface area contributed by atoms with E-state index in [1.54, 1.807) is 35.1 Å². The Labute approximate surface area is 227 Å². The number of carbonyl (C=O) groups excluding carboxylic acids is 2. The lowest BCUT2D eigenvalue weighted by Crippen LogP contribution is -2.46. The molecule has 0 bridgehead atoms. The molecule has 2 unspecified atom stereocenters. The fourth-order valence-corrected chi connectivity index (χ4v) is 6.43. The summed E-state index contributed by atoms with van der Waals surface area (Å²) in [6, 6.07) is 11.8. The molecule has 7 nitrogen and oxygen atoms in total. The lowest BCUT2D eigenvalue weighted by molar-refractivity contribution is -0.123. The first-order chi connectivity index (χ1) is 17.5. The van der Waals surface area contributed by atoms with Gasteiger partial charge in [0.25, 0.3) is 0 Å². The molecule has 1 aliphatic rings. The van der Waals surface area contributed by atoms with Gasteiger partial charge in [-0.3, -0.25) is 14.5 Å². The number of aromatic nitrogens is 2. The first kappa shape index (κ1) is 27.3. The van der Waals surface area contributed by atoms with Crippen LogP contribution in [0.15, 0.2) is 41.8 Å². The molecule has 1 aromatic carbocycles. The highest BCUT2D eigenvalue weighted by Gasteiger charge is 2.40. The summed E-state index contributed by atoms with van der Waals surface area (Å²) in [5, 5.41) is 10.2. The maximum Gasteiger partial charge on any atom is 0.240 e. The molecule has 2 aromatic heterocycles. The second kappa shape index (κ2) is 10.9. The van der Waals surface area contributed by atoms with Crippen molar-refractivity contribution in [3.63, 3.8) is 0 Å². The number of rotatable bonds is 7. The summed E-state index contributed by atoms with van der Waals surface area (Å²) >= 11 is 3.28. The Hall–Kier alpha value is -2.78. The average Bonchev–Trinajstić information content (AvgIpc) is 3.49. The number of nitrogens with zero attached hydrogens (tertiary/aromatic N) is 3. The van der Waals surface area contributed by atoms with E-state index < -0.39 is 0 Å². The topological polar surface area (TPSA) is 76.5 Å². The van der Waals surface area contributed by atoms with E-state index in [1.807, 2.05) is 41.9 Å². The van der Waals surface area contributed by atoms with Gasteiger partial charge in [-0.15, -0.1) is 23.1 Å². The number of anilines is 1. The van der Waals surface area contributed by atoms with Gasteiger partial charge >= 0.3 is 0 Å². The highest BCUT2D eigenvalue weighted by molar-refractivity contribution is 8.00. The van der Waals surface area contributed by atoms with Gasteiger partial charge in [0.15, 0.2) is 0 Å². The minimum Gasteiger partial charge on any atom is -0.497 e. The number of nitrogens with one attached hydrogen (secondary N) is 1. The predicted molar refractivity (Wildman–Crippen MR) is 152 cm³/mol. The van der Waals surface area contributed by atoms with Crippen molar-refractivity contribution < 1.29 is 14.3 Å². The third-order valence-corrected chi connectivity index (χ3v) is 8.93. The van der Waals surface area contributed by atoms with Crippen LogP contribution in [0.1, 0.15) is 62.9 Å². The van der Waals surface area contributed by atoms with E-state index in [0.717, 1.165) is 22.7 Å². The Morgan fingerprint density at radius 2 is 1.89 bits per heavy atom. The zero-order chi connectivity index (χ0) is 26.9. The fourth-order valence-electron chi connectivity index (χ4n) is 4.25. The summed E-state index contributed by atoms with van der Waals surface area (Å²) in [6.07, 6.45) is 0. The van der Waals surface area contributed by atoms with Crippen molar-refractivity contribution in [3.05, 3.63) is 57.9 Å². The molecule has 0 radical (unpaired) electrons. The second-order valence-corrected chi connectivity index (χ2v) is 12.8. The third-order valence-electron chi connectivity index (χ3n) is 6.61. The number of amides is 2. The quantitative estimate of drug-likeness (QED) is 0.424. The fraction of sp³-hybridized carbons (Fsp3) is 0.464. The molecule has 1 aliphatic heterocycles. The van der Waals surface area contributed by atoms with E-state index in [9.17, 15) is 9.59 Å². The minimum absolute atomic E-state index is 0.000993. The molecule has 0 saturated heterocycles. The summed E-state index contributed by atoms with van der Waals surface area (Å²) < 4.78 is 7.19. The summed E-state index contributed by atoms with van der Waals surface area (Å²) in [7, 11) is 1.63. The Morgan fingerprint density at radius 3 is 2.46 bits per heavy atom. The van der Waals surface area contributed by atoms with Crippen LogP contribution in [0.3, 0.4) is 0 Å². The number of thioether (sulfide) groups is 1. The van der Waals surface area contributed by atoms with Gasteiger partial charge in [0.2, 0.25) is 11.8 Å². The van der Waals surface area contributed by atoms with Crippen molar-refractivity contribution in [2.75, 3.05) is 24.3 Å². The largest absolute Gasteiger partial charge is 0.497 e. The van der Waals surface area contributed by atoms with Crippen molar-refractivity contribution in [2.24, 2.45) is 5.92 Å². The van der Waals surface area contributed by atoms with Gasteiger partial charge < -0.3 is 10.1 Å². The summed E-state index contributed by atoms with van der Waals surface area (Å²) in [4.78, 5) is 29.6. The lowest BCUT2D eigenvalue weighted by Gasteiger charge is -2.25. The van der Waals surface area contributed by atoms with E-state index in [-0.39, 0.29) is 46.7 Å². The zero-order valence-corrected chi connectivity index (χ0v) is 24.2. The lowest BCUT2D eigenvalue weighted by atomic mass is 9.88. The number of hydrogen-bond acceptors (Lipinski definition) is 6. The van der Waals surface area contributed by atoms with Gasteiger partial charge in [-0.25, -0.2) is 4.68 Å². The smallest absolute Gasteiger partial charge is 0.240 e. The van der Waals surface area contributed by atoms with Gasteiger partial charge in [-0.2, -0.15) is 5.10 Å². The highest BCUT2D eigenvalue weighted by atomic mass is 32.2. The van der Waals surface area contributed by atoms with E-state index in [2.05, 4.69) is 51.4 Å². The van der Waals surface area contributed by atoms with Crippen LogP contribution in [-0.4, -0.2) is 47.0 Å². The molecule has 0 spiro atoms. The van der Waals surface area contributed by atoms with Crippen molar-refractivity contribution in [3.8, 4) is 11.4 Å². The molecule has 3 heterocycles. The molecule has 0 fully saturated rings. The number of thiophene rings is 1. The zero-order valence-electron chi connectivity index (χ0n) is 22.6. The Balaban J connectivity index is 1.93. The third kappa shape index (κ3) is 5.72. The molecule has 2 atom stereocenters. The van der Waals surface area contributed by atoms with E-state index in [0.29, 0.717) is 5.82 Å². The molecule has 3 aromatic rings. The van der Waals surface area contributed by atoms with Gasteiger partial charge in [-0.05, 0) is 48.6 Å². The minimum atomic E-state index is -0.286. The summed E-state index contributed by atoms with van der Waals surface area (Å²) in [6.45, 7) is 12.5. The second-order valence-electron chi connectivity index (χ2n) is 10.7. The van der Waals surface area contributed by atoms with Crippen LogP contribution in [0.5, 0.6) is 5.75 Å². The Bertz CT molecular complexity index is 1240. The standard InChI is InChI=1S/C28H36N4O3S2/c1-17(2)18(3)29-22(33)15-31-23(34)16-37-25(21-9-8-14-36-21)24-26(28(4,5)6)30-32(27(24)31)19-10-12-20(35-7)13-11-19/h8-14,17-18,25H,15-16H2,1-7H3,(H,29,33). The maximum absolute atomic E-state index is 13.7. The first-order valence-electron chi connectivity index (χ1n) is 12.5. The predicted octanol–water partition coefficient (Wildman–Crippen LogP) is 5.57. The van der Waals surface area contributed by atoms with Crippen LogP contribution in [-0.2, 0) is 15.0 Å². The number of hydrogen-bond donors (Lipinski definition) is 1. The van der Waals surface area contributed by atoms with Gasteiger partial charge in [0.05, 0.1) is 29.5 Å². The van der Waals surface area contributed by atoms with Crippen molar-refractivity contribution in [1.29, 1.82) is 0 Å². The SMILES string of the molecule is COc1ccc(-n2nc(C(C)(C)C)c3c2N(CC(=O)NC(C)C(C)C)C(=O)CSC3c2cccs2)cc1. The molecule has 198 valence electrons. The van der Waals surface area contributed by atoms with Gasteiger partial charge in [0.1, 0.15) is 18.1 Å². The Morgan fingerprint density at radius 1 is 1.19 bits per heavy atom. The van der Waals surface area contributed by atoms with E-state index in [4.69, 9.17) is 9.84 Å². The van der Waals surface area contributed by atoms with Crippen molar-refractivity contribution in [2.45, 2.75) is 58.2 Å². The molecule has 1 N–H and O–H groups in total. The molecular formula is C28H36N4O3S2. The number of methoxy groups -OCH3 is 1. The summed E-state index contributed by atoms with van der Waals surface area (Å²) in [5.74, 6) is 1.68. The number of fused-ring (bicyclic) bond motifs is 1. The molecule has 4 rings (SSSR count). The number of benzene rings is 1. The van der Waals surface area contributed by atoms with E-state index in [1.165, 1.54) is 4.88 Å². The highest BCUT2D eigenvalue weighted by Crippen LogP contribution is 2.49. The summed E-state index contributed by atoms with van der Waals surface area (Å²) in [5.41, 5.74) is 2.43. The normalized spacial score (nSPS) is 16.9. The maximum atomic E-state index is 13.7. The molecule has 0 saturated carbocycles. The molecule has 37 heavy (non-hydrogen) atoms. The Kier molecular flexibility index (Phi) is 8.04.